The summed E-state index contributed by atoms with van der Waals surface area (Å²) in [7, 11) is 2.13. The number of rotatable bonds is 8. The number of benzene rings is 1. The minimum Gasteiger partial charge on any atom is -0.409 e. The molecule has 1 rings (SSSR count). The van der Waals surface area contributed by atoms with Gasteiger partial charge in [0, 0.05) is 36.3 Å². The molecule has 0 radical (unpaired) electrons. The van der Waals surface area contributed by atoms with Gasteiger partial charge in [-0.2, -0.15) is 0 Å². The van der Waals surface area contributed by atoms with Crippen LogP contribution in [0.2, 0.25) is 5.02 Å². The molecular formula is C15H25ClN4O. The first-order valence-electron chi connectivity index (χ1n) is 7.16. The summed E-state index contributed by atoms with van der Waals surface area (Å²) >= 11 is 6.20. The number of nitrogens with zero attached hydrogens (tertiary/aromatic N) is 2. The van der Waals surface area contributed by atoms with Crippen molar-refractivity contribution >= 4 is 17.4 Å². The predicted molar refractivity (Wildman–Crippen MR) is 88.1 cm³/mol. The maximum absolute atomic E-state index is 8.64. The Kier molecular flexibility index (Phi) is 7.50. The van der Waals surface area contributed by atoms with Gasteiger partial charge in [0.25, 0.3) is 0 Å². The summed E-state index contributed by atoms with van der Waals surface area (Å²) in [6.45, 7) is 7.01. The molecule has 1 aromatic carbocycles. The molecule has 0 spiro atoms. The van der Waals surface area contributed by atoms with Crippen LogP contribution in [0.4, 0.5) is 0 Å². The van der Waals surface area contributed by atoms with Crippen molar-refractivity contribution < 1.29 is 5.21 Å². The fraction of sp³-hybridized carbons (Fsp3) is 0.533. The highest BCUT2D eigenvalue weighted by molar-refractivity contribution is 6.31. The SMILES string of the molecule is CCC(C)N(C)CCNCc1ccc(/C(N)=N/O)cc1Cl. The Labute approximate surface area is 131 Å². The van der Waals surface area contributed by atoms with E-state index in [1.807, 2.05) is 6.07 Å². The average Bonchev–Trinajstić information content (AvgIpc) is 2.50. The molecule has 0 aromatic heterocycles. The molecule has 0 saturated heterocycles. The van der Waals surface area contributed by atoms with Gasteiger partial charge in [-0.3, -0.25) is 0 Å². The van der Waals surface area contributed by atoms with Crippen LogP contribution in [0.3, 0.4) is 0 Å². The third kappa shape index (κ3) is 5.53. The first-order chi connectivity index (χ1) is 9.99. The monoisotopic (exact) mass is 312 g/mol. The Balaban J connectivity index is 2.46. The summed E-state index contributed by atoms with van der Waals surface area (Å²) in [4.78, 5) is 2.33. The van der Waals surface area contributed by atoms with E-state index in [9.17, 15) is 0 Å². The first-order valence-corrected chi connectivity index (χ1v) is 7.54. The standard InChI is InChI=1S/C15H25ClN4O/c1-4-11(2)20(3)8-7-18-10-13-6-5-12(9-14(13)16)15(17)19-21/h5-6,9,11,18,21H,4,7-8,10H2,1-3H3,(H2,17,19). The first kappa shape index (κ1) is 17.8. The summed E-state index contributed by atoms with van der Waals surface area (Å²) in [5, 5.41) is 15.6. The molecule has 1 atom stereocenters. The van der Waals surface area contributed by atoms with E-state index in [1.165, 1.54) is 0 Å². The molecule has 1 unspecified atom stereocenters. The lowest BCUT2D eigenvalue weighted by atomic mass is 10.1. The van der Waals surface area contributed by atoms with E-state index in [1.54, 1.807) is 12.1 Å². The molecule has 0 heterocycles. The van der Waals surface area contributed by atoms with Gasteiger partial charge in [-0.05, 0) is 32.0 Å². The second kappa shape index (κ2) is 8.87. The van der Waals surface area contributed by atoms with E-state index in [2.05, 4.69) is 36.3 Å². The largest absolute Gasteiger partial charge is 0.409 e. The molecule has 21 heavy (non-hydrogen) atoms. The summed E-state index contributed by atoms with van der Waals surface area (Å²) < 4.78 is 0. The molecule has 1 aromatic rings. The number of hydrogen-bond acceptors (Lipinski definition) is 4. The van der Waals surface area contributed by atoms with Gasteiger partial charge in [-0.1, -0.05) is 35.8 Å². The van der Waals surface area contributed by atoms with Crippen LogP contribution >= 0.6 is 11.6 Å². The second-order valence-electron chi connectivity index (χ2n) is 5.21. The number of halogens is 1. The molecule has 0 aliphatic heterocycles. The van der Waals surface area contributed by atoms with E-state index in [4.69, 9.17) is 22.5 Å². The lowest BCUT2D eigenvalue weighted by Crippen LogP contribution is -2.34. The van der Waals surface area contributed by atoms with Crippen molar-refractivity contribution in [2.75, 3.05) is 20.1 Å². The van der Waals surface area contributed by atoms with Crippen LogP contribution in [-0.4, -0.2) is 42.1 Å². The quantitative estimate of drug-likeness (QED) is 0.226. The fourth-order valence-corrected chi connectivity index (χ4v) is 2.17. The summed E-state index contributed by atoms with van der Waals surface area (Å²) in [6, 6.07) is 5.99. The zero-order valence-electron chi connectivity index (χ0n) is 12.9. The van der Waals surface area contributed by atoms with E-state index >= 15 is 0 Å². The Hall–Kier alpha value is -1.30. The molecule has 0 amide bonds. The number of nitrogens with one attached hydrogen (secondary N) is 1. The molecule has 0 saturated carbocycles. The molecule has 118 valence electrons. The fourth-order valence-electron chi connectivity index (χ4n) is 1.92. The lowest BCUT2D eigenvalue weighted by molar-refractivity contribution is 0.252. The van der Waals surface area contributed by atoms with Crippen molar-refractivity contribution in [3.05, 3.63) is 34.3 Å². The normalized spacial score (nSPS) is 13.7. The van der Waals surface area contributed by atoms with Crippen LogP contribution in [0, 0.1) is 0 Å². The zero-order valence-corrected chi connectivity index (χ0v) is 13.7. The van der Waals surface area contributed by atoms with Crippen LogP contribution < -0.4 is 11.1 Å². The van der Waals surface area contributed by atoms with Crippen molar-refractivity contribution in [2.45, 2.75) is 32.9 Å². The van der Waals surface area contributed by atoms with Gasteiger partial charge in [-0.15, -0.1) is 0 Å². The molecule has 4 N–H and O–H groups in total. The minimum atomic E-state index is 0.0617. The third-order valence-electron chi connectivity index (χ3n) is 3.76. The van der Waals surface area contributed by atoms with Gasteiger partial charge in [0.15, 0.2) is 5.84 Å². The van der Waals surface area contributed by atoms with Gasteiger partial charge in [0.05, 0.1) is 0 Å². The summed E-state index contributed by atoms with van der Waals surface area (Å²) in [6.07, 6.45) is 1.15. The van der Waals surface area contributed by atoms with E-state index < -0.39 is 0 Å². The number of nitrogens with two attached hydrogens (primary N) is 1. The maximum atomic E-state index is 8.64. The van der Waals surface area contributed by atoms with E-state index in [0.29, 0.717) is 23.2 Å². The molecule has 5 nitrogen and oxygen atoms in total. The van der Waals surface area contributed by atoms with Crippen LogP contribution in [0.5, 0.6) is 0 Å². The van der Waals surface area contributed by atoms with E-state index in [-0.39, 0.29) is 5.84 Å². The second-order valence-corrected chi connectivity index (χ2v) is 5.61. The van der Waals surface area contributed by atoms with E-state index in [0.717, 1.165) is 25.1 Å². The van der Waals surface area contributed by atoms with Crippen molar-refractivity contribution in [3.63, 3.8) is 0 Å². The molecule has 6 heteroatoms. The lowest BCUT2D eigenvalue weighted by Gasteiger charge is -2.23. The third-order valence-corrected chi connectivity index (χ3v) is 4.11. The minimum absolute atomic E-state index is 0.0617. The van der Waals surface area contributed by atoms with Gasteiger partial charge in [-0.25, -0.2) is 0 Å². The molecule has 0 bridgehead atoms. The smallest absolute Gasteiger partial charge is 0.170 e. The Morgan fingerprint density at radius 2 is 2.24 bits per heavy atom. The Morgan fingerprint density at radius 3 is 2.81 bits per heavy atom. The van der Waals surface area contributed by atoms with Gasteiger partial charge < -0.3 is 21.2 Å². The molecule has 0 fully saturated rings. The topological polar surface area (TPSA) is 73.9 Å². The van der Waals surface area contributed by atoms with Gasteiger partial charge in [0.1, 0.15) is 0 Å². The average molecular weight is 313 g/mol. The van der Waals surface area contributed by atoms with Gasteiger partial charge >= 0.3 is 0 Å². The highest BCUT2D eigenvalue weighted by Crippen LogP contribution is 2.17. The number of amidine groups is 1. The Morgan fingerprint density at radius 1 is 1.52 bits per heavy atom. The van der Waals surface area contributed by atoms with Crippen molar-refractivity contribution in [1.29, 1.82) is 0 Å². The van der Waals surface area contributed by atoms with Crippen molar-refractivity contribution in [1.82, 2.24) is 10.2 Å². The van der Waals surface area contributed by atoms with Crippen LogP contribution in [0.25, 0.3) is 0 Å². The highest BCUT2D eigenvalue weighted by atomic mass is 35.5. The van der Waals surface area contributed by atoms with Crippen LogP contribution in [0.15, 0.2) is 23.4 Å². The maximum Gasteiger partial charge on any atom is 0.170 e. The number of oxime groups is 1. The number of hydrogen-bond donors (Lipinski definition) is 3. The summed E-state index contributed by atoms with van der Waals surface area (Å²) in [5.74, 6) is 0.0617. The van der Waals surface area contributed by atoms with Crippen molar-refractivity contribution in [3.8, 4) is 0 Å². The molecular weight excluding hydrogens is 288 g/mol. The highest BCUT2D eigenvalue weighted by Gasteiger charge is 2.07. The predicted octanol–water partition coefficient (Wildman–Crippen LogP) is 2.25. The van der Waals surface area contributed by atoms with Crippen molar-refractivity contribution in [2.24, 2.45) is 10.9 Å². The summed E-state index contributed by atoms with van der Waals surface area (Å²) in [5.41, 5.74) is 7.14. The van der Waals surface area contributed by atoms with Gasteiger partial charge in [0.2, 0.25) is 0 Å². The Bertz CT molecular complexity index is 479. The molecule has 0 aliphatic carbocycles. The van der Waals surface area contributed by atoms with Crippen LogP contribution in [-0.2, 0) is 6.54 Å². The number of likely N-dealkylation sites (N-methyl/N-ethyl adjacent to an activating group) is 1. The molecule has 0 aliphatic rings. The van der Waals surface area contributed by atoms with Crippen LogP contribution in [0.1, 0.15) is 31.4 Å². The zero-order chi connectivity index (χ0) is 15.8.